The summed E-state index contributed by atoms with van der Waals surface area (Å²) in [7, 11) is 7.44. The van der Waals surface area contributed by atoms with Gasteiger partial charge in [-0.05, 0) is 150 Å². The van der Waals surface area contributed by atoms with E-state index in [0.29, 0.717) is 36.1 Å². The van der Waals surface area contributed by atoms with Crippen molar-refractivity contribution in [2.75, 3.05) is 41.3 Å². The zero-order valence-electron chi connectivity index (χ0n) is 41.2. The first-order chi connectivity index (χ1) is 32.0. The number of nitrogens with zero attached hydrogens (tertiary/aromatic N) is 2. The molecule has 2 aliphatic rings. The van der Waals surface area contributed by atoms with E-state index in [9.17, 15) is 54.3 Å². The molecule has 0 spiro atoms. The predicted molar refractivity (Wildman–Crippen MR) is 292 cm³/mol. The summed E-state index contributed by atoms with van der Waals surface area (Å²) in [4.78, 5) is 51.3. The van der Waals surface area contributed by atoms with E-state index in [1.165, 1.54) is 46.9 Å². The number of carbonyl (C=O) groups excluding carboxylic acids is 3. The number of aryl methyl sites for hydroxylation is 2. The van der Waals surface area contributed by atoms with E-state index >= 15 is 0 Å². The van der Waals surface area contributed by atoms with E-state index in [4.69, 9.17) is 22.3 Å². The monoisotopic (exact) mass is 1150 g/mol. The highest BCUT2D eigenvalue weighted by Crippen LogP contribution is 2.67. The van der Waals surface area contributed by atoms with Crippen molar-refractivity contribution in [1.29, 1.82) is 0 Å². The summed E-state index contributed by atoms with van der Waals surface area (Å²) in [5, 5.41) is 15.0. The van der Waals surface area contributed by atoms with E-state index < -0.39 is 76.8 Å². The molecule has 6 rings (SSSR count). The molecule has 3 amide bonds. The number of carboxylic acids is 1. The minimum Gasteiger partial charge on any atom is -0.481 e. The van der Waals surface area contributed by atoms with Crippen molar-refractivity contribution in [2.45, 2.75) is 101 Å². The normalized spacial score (nSPS) is 15.6. The number of alkyl halides is 6. The molecule has 412 valence electrons. The lowest BCUT2D eigenvalue weighted by Crippen LogP contribution is -2.42. The Balaban J connectivity index is 0.00000113. The maximum Gasteiger partial charge on any atom is 0.395 e. The largest absolute Gasteiger partial charge is 0.481 e. The molecular weight excluding hydrogens is 1080 g/mol. The zero-order valence-corrected chi connectivity index (χ0v) is 46.8. The van der Waals surface area contributed by atoms with Crippen LogP contribution >= 0.6 is 76.7 Å². The summed E-state index contributed by atoms with van der Waals surface area (Å²) in [6, 6.07) is 11.9. The number of thiophene rings is 2. The van der Waals surface area contributed by atoms with Gasteiger partial charge in [0.1, 0.15) is 11.6 Å². The van der Waals surface area contributed by atoms with E-state index in [1.54, 1.807) is 56.0 Å². The Morgan fingerprint density at radius 1 is 0.658 bits per heavy atom. The Kier molecular flexibility index (Phi) is 27.7. The third-order valence-electron chi connectivity index (χ3n) is 12.9. The Morgan fingerprint density at radius 3 is 1.30 bits per heavy atom. The number of likely N-dealkylation sites (N-methyl/N-ethyl adjacent to an activating group) is 2. The Hall–Kier alpha value is -3.56. The topological polar surface area (TPSA) is 185 Å². The highest BCUT2D eigenvalue weighted by molar-refractivity contribution is 7.59. The van der Waals surface area contributed by atoms with Crippen LogP contribution in [0.3, 0.4) is 0 Å². The molecule has 2 heterocycles. The minimum atomic E-state index is -4.37. The smallest absolute Gasteiger partial charge is 0.395 e. The molecule has 25 heteroatoms. The molecule has 0 bridgehead atoms. The average Bonchev–Trinajstić information content (AvgIpc) is 4.15. The summed E-state index contributed by atoms with van der Waals surface area (Å²) in [5.74, 6) is -6.43. The summed E-state index contributed by atoms with van der Waals surface area (Å²) in [6.07, 6.45) is -8.31. The molecule has 8 N–H and O–H groups in total. The maximum atomic E-state index is 14.1. The molecule has 0 saturated heterocycles. The number of nitrogens with two attached hydrogens (primary N) is 3. The van der Waals surface area contributed by atoms with Gasteiger partial charge in [-0.15, -0.1) is 22.7 Å². The van der Waals surface area contributed by atoms with Gasteiger partial charge in [0.25, 0.3) is 11.8 Å². The fourth-order valence-corrected chi connectivity index (χ4v) is 9.90. The standard InChI is InChI=1S/C24H29F4N3O2S.C12H13F3O2S.C12H18FN3O.4H2S/c1-14-8-16(13-34-14)19(23(6-7-23)24(26,27)28)11-21(32)30-12-17(31(2)3)9-15-4-5-18(22(29)33)20(25)10-15;1-7-4-8(6-18-7)9(5-10(16)17)11(2-3-11)12(13,14)15;1-16(2)9(7-14)5-8-3-4-10(12(15)17)11(13)6-8;;;;/h4-5,8,10,13,17,19H,6-7,9,11-12H2,1-3H3,(H2,29,33)(H,30,32);4,6,9H,2-3,5H2,1H3,(H,16,17);3-4,6,9H,5,7,14H2,1-2H3,(H2,15,17);4*1H2/t17-,19+;2*9-;;;;/m010..../s1. The summed E-state index contributed by atoms with van der Waals surface area (Å²) < 4.78 is 109. The van der Waals surface area contributed by atoms with Gasteiger partial charge >= 0.3 is 18.3 Å². The molecule has 0 unspecified atom stereocenters. The number of nitrogens with one attached hydrogen (secondary N) is 1. The maximum absolute atomic E-state index is 14.1. The van der Waals surface area contributed by atoms with Crippen molar-refractivity contribution in [1.82, 2.24) is 15.1 Å². The highest BCUT2D eigenvalue weighted by Gasteiger charge is 2.68. The van der Waals surface area contributed by atoms with E-state index in [1.807, 2.05) is 30.8 Å². The summed E-state index contributed by atoms with van der Waals surface area (Å²) in [5.41, 5.74) is 14.3. The van der Waals surface area contributed by atoms with Gasteiger partial charge in [0, 0.05) is 53.2 Å². The van der Waals surface area contributed by atoms with Crippen LogP contribution in [0.15, 0.2) is 59.3 Å². The lowest BCUT2D eigenvalue weighted by molar-refractivity contribution is -0.196. The number of hydrogen-bond acceptors (Lipinski definition) is 9. The molecular formula is C48H68F8N6O5S6. The molecule has 2 fully saturated rings. The second kappa shape index (κ2) is 29.1. The van der Waals surface area contributed by atoms with Crippen LogP contribution in [-0.4, -0.2) is 104 Å². The molecule has 73 heavy (non-hydrogen) atoms. The number of carboxylic acid groups (broad SMARTS) is 1. The SMILES string of the molecule is CN(C)[C@H](CN)Cc1ccc(C(N)=O)c(F)c1.Cc1cc([C@@H](CC(=O)NC[C@H](Cc2ccc(C(N)=O)c(F)c2)N(C)C)C2(C(F)(F)F)CC2)cs1.Cc1cc([C@@H](CC(=O)O)C2(C(F)(F)F)CC2)cs1.S.S.S.S. The molecule has 2 aromatic carbocycles. The lowest BCUT2D eigenvalue weighted by atomic mass is 9.81. The third-order valence-corrected chi connectivity index (χ3v) is 14.7. The van der Waals surface area contributed by atoms with Crippen LogP contribution in [0.25, 0.3) is 0 Å². The fraction of sp³-hybridized carbons (Fsp3) is 0.500. The van der Waals surface area contributed by atoms with Crippen LogP contribution < -0.4 is 22.5 Å². The second-order valence-corrected chi connectivity index (χ2v) is 20.5. The number of halogens is 8. The predicted octanol–water partition coefficient (Wildman–Crippen LogP) is 9.16. The van der Waals surface area contributed by atoms with Gasteiger partial charge in [-0.25, -0.2) is 8.78 Å². The molecule has 2 aromatic heterocycles. The first kappa shape index (κ1) is 69.4. The molecule has 2 saturated carbocycles. The highest BCUT2D eigenvalue weighted by atomic mass is 32.1. The Bertz CT molecular complexity index is 2430. The average molecular weight is 1150 g/mol. The molecule has 4 aromatic rings. The van der Waals surface area contributed by atoms with E-state index in [0.717, 1.165) is 15.3 Å². The van der Waals surface area contributed by atoms with Gasteiger partial charge in [0.2, 0.25) is 5.91 Å². The number of benzene rings is 2. The van der Waals surface area contributed by atoms with Crippen LogP contribution in [0.5, 0.6) is 0 Å². The quantitative estimate of drug-likeness (QED) is 0.0576. The van der Waals surface area contributed by atoms with Gasteiger partial charge in [0.05, 0.1) is 28.4 Å². The van der Waals surface area contributed by atoms with Crippen molar-refractivity contribution in [3.63, 3.8) is 0 Å². The zero-order chi connectivity index (χ0) is 51.8. The van der Waals surface area contributed by atoms with Crippen LogP contribution in [0.2, 0.25) is 0 Å². The van der Waals surface area contributed by atoms with Crippen molar-refractivity contribution >= 4 is 100 Å². The van der Waals surface area contributed by atoms with Crippen LogP contribution in [0.4, 0.5) is 35.1 Å². The summed E-state index contributed by atoms with van der Waals surface area (Å²) >= 11 is 2.73. The Morgan fingerprint density at radius 2 is 1.03 bits per heavy atom. The number of rotatable bonds is 19. The van der Waals surface area contributed by atoms with Crippen LogP contribution in [-0.2, 0) is 22.4 Å². The van der Waals surface area contributed by atoms with Crippen LogP contribution in [0.1, 0.15) is 103 Å². The minimum absolute atomic E-state index is 0. The lowest BCUT2D eigenvalue weighted by Gasteiger charge is -2.29. The molecule has 11 nitrogen and oxygen atoms in total. The number of hydrogen-bond donors (Lipinski definition) is 5. The first-order valence-corrected chi connectivity index (χ1v) is 23.7. The number of primary amides is 2. The van der Waals surface area contributed by atoms with Gasteiger partial charge < -0.3 is 37.4 Å². The fourth-order valence-electron chi connectivity index (χ4n) is 8.38. The van der Waals surface area contributed by atoms with Gasteiger partial charge in [-0.1, -0.05) is 12.1 Å². The van der Waals surface area contributed by atoms with E-state index in [-0.39, 0.29) is 116 Å². The van der Waals surface area contributed by atoms with Gasteiger partial charge in [-0.3, -0.25) is 19.2 Å². The molecule has 0 aliphatic heterocycles. The number of amides is 3. The first-order valence-electron chi connectivity index (χ1n) is 22.0. The number of aliphatic carboxylic acids is 1. The van der Waals surface area contributed by atoms with Gasteiger partial charge in [-0.2, -0.15) is 80.3 Å². The van der Waals surface area contributed by atoms with E-state index in [2.05, 4.69) is 5.32 Å². The van der Waals surface area contributed by atoms with Crippen molar-refractivity contribution in [2.24, 2.45) is 28.0 Å². The summed E-state index contributed by atoms with van der Waals surface area (Å²) in [6.45, 7) is 4.31. The second-order valence-electron chi connectivity index (χ2n) is 18.2. The molecule has 4 atom stereocenters. The van der Waals surface area contributed by atoms with Crippen LogP contribution in [0, 0.1) is 36.3 Å². The Labute approximate surface area is 457 Å². The third kappa shape index (κ3) is 18.6. The molecule has 2 aliphatic carbocycles. The molecule has 0 radical (unpaired) electrons. The van der Waals surface area contributed by atoms with Gasteiger partial charge in [0.15, 0.2) is 0 Å². The van der Waals surface area contributed by atoms with Crippen molar-refractivity contribution < 1.29 is 59.4 Å². The van der Waals surface area contributed by atoms with Crippen molar-refractivity contribution in [3.05, 3.63) is 114 Å². The number of carbonyl (C=O) groups is 4. The van der Waals surface area contributed by atoms with Crippen molar-refractivity contribution in [3.8, 4) is 0 Å².